The third-order valence-corrected chi connectivity index (χ3v) is 2.66. The maximum Gasteiger partial charge on any atom is 0.342 e. The molecule has 2 rings (SSSR count). The molecule has 2 aromatic rings. The molecule has 0 saturated heterocycles. The van der Waals surface area contributed by atoms with E-state index in [4.69, 9.17) is 10.2 Å². The molecule has 0 aliphatic rings. The Labute approximate surface area is 160 Å². The first kappa shape index (κ1) is 22.1. The van der Waals surface area contributed by atoms with Crippen LogP contribution in [-0.4, -0.2) is 32.0 Å². The summed E-state index contributed by atoms with van der Waals surface area (Å²) in [5.74, 6) is -2.58. The number of hydrogen-bond acceptors (Lipinski definition) is 6. The summed E-state index contributed by atoms with van der Waals surface area (Å²) in [4.78, 5) is 39.9. The molecule has 0 amide bonds. The van der Waals surface area contributed by atoms with Crippen LogP contribution >= 0.6 is 0 Å². The number of para-hydroxylation sites is 2. The quantitative estimate of drug-likeness (QED) is 0.411. The van der Waals surface area contributed by atoms with Crippen LogP contribution in [0.25, 0.3) is 0 Å². The van der Waals surface area contributed by atoms with E-state index in [1.807, 2.05) is 0 Å². The molecule has 0 unspecified atom stereocenters. The molecule has 0 aliphatic carbocycles. The molecule has 0 atom stereocenters. The second kappa shape index (κ2) is 10.1. The van der Waals surface area contributed by atoms with Crippen molar-refractivity contribution < 1.29 is 56.9 Å². The molecule has 11 heteroatoms. The number of hydrogen-bond donors (Lipinski definition) is 2. The predicted octanol–water partition coefficient (Wildman–Crippen LogP) is 2.58. The fourth-order valence-electron chi connectivity index (χ4n) is 1.63. The molecule has 0 radical (unpaired) electrons. The van der Waals surface area contributed by atoms with Gasteiger partial charge in [-0.3, -0.25) is 20.2 Å². The van der Waals surface area contributed by atoms with Gasteiger partial charge in [0.2, 0.25) is 0 Å². The largest absolute Gasteiger partial charge is 0.477 e. The number of carboxylic acids is 2. The minimum absolute atomic E-state index is 0. The first-order chi connectivity index (χ1) is 11.3. The Morgan fingerprint density at radius 2 is 1.00 bits per heavy atom. The molecule has 25 heavy (non-hydrogen) atoms. The van der Waals surface area contributed by atoms with Crippen LogP contribution in [0.5, 0.6) is 0 Å². The van der Waals surface area contributed by atoms with Gasteiger partial charge in [0, 0.05) is 39.4 Å². The zero-order valence-corrected chi connectivity index (χ0v) is 16.6. The minimum atomic E-state index is -1.29. The molecule has 2 aromatic carbocycles. The van der Waals surface area contributed by atoms with E-state index in [1.165, 1.54) is 36.4 Å². The molecule has 0 bridgehead atoms. The SMILES string of the molecule is O=C(O)c1ccccc1[N+](=O)[O-].O=C(O)c1ccccc1[N+](=O)[O-].[Cd]. The Balaban J connectivity index is 0.000000443. The van der Waals surface area contributed by atoms with Crippen molar-refractivity contribution in [1.29, 1.82) is 0 Å². The molecule has 0 aromatic heterocycles. The molecule has 0 aliphatic heterocycles. The van der Waals surface area contributed by atoms with Crippen LogP contribution in [-0.2, 0) is 27.3 Å². The minimum Gasteiger partial charge on any atom is -0.477 e. The van der Waals surface area contributed by atoms with Crippen LogP contribution in [0.1, 0.15) is 20.7 Å². The van der Waals surface area contributed by atoms with Crippen LogP contribution in [0, 0.1) is 20.2 Å². The number of nitro benzene ring substituents is 2. The molecule has 0 fully saturated rings. The van der Waals surface area contributed by atoms with E-state index in [0.717, 1.165) is 12.1 Å². The summed E-state index contributed by atoms with van der Waals surface area (Å²) in [7, 11) is 0. The molecule has 10 nitrogen and oxygen atoms in total. The summed E-state index contributed by atoms with van der Waals surface area (Å²) in [6, 6.07) is 10.4. The number of benzene rings is 2. The van der Waals surface area contributed by atoms with Crippen molar-refractivity contribution in [3.63, 3.8) is 0 Å². The van der Waals surface area contributed by atoms with E-state index >= 15 is 0 Å². The summed E-state index contributed by atoms with van der Waals surface area (Å²) in [5, 5.41) is 37.6. The van der Waals surface area contributed by atoms with Gasteiger partial charge in [0.25, 0.3) is 11.4 Å². The van der Waals surface area contributed by atoms with Gasteiger partial charge < -0.3 is 10.2 Å². The zero-order valence-electron chi connectivity index (χ0n) is 12.6. The van der Waals surface area contributed by atoms with Crippen LogP contribution < -0.4 is 0 Å². The first-order valence-electron chi connectivity index (χ1n) is 6.19. The van der Waals surface area contributed by atoms with Crippen LogP contribution in [0.2, 0.25) is 0 Å². The Hall–Kier alpha value is -2.90. The third kappa shape index (κ3) is 6.25. The Kier molecular flexibility index (Phi) is 8.90. The van der Waals surface area contributed by atoms with E-state index in [-0.39, 0.29) is 49.8 Å². The average molecular weight is 447 g/mol. The summed E-state index contributed by atoms with van der Waals surface area (Å²) in [6.07, 6.45) is 0. The smallest absolute Gasteiger partial charge is 0.342 e. The maximum atomic E-state index is 10.4. The normalized spacial score (nSPS) is 8.96. The van der Waals surface area contributed by atoms with E-state index in [9.17, 15) is 29.8 Å². The van der Waals surface area contributed by atoms with Gasteiger partial charge in [0.15, 0.2) is 0 Å². The predicted molar refractivity (Wildman–Crippen MR) is 80.1 cm³/mol. The maximum absolute atomic E-state index is 10.4. The van der Waals surface area contributed by atoms with Gasteiger partial charge in [-0.15, -0.1) is 0 Å². The van der Waals surface area contributed by atoms with Gasteiger partial charge in [0.1, 0.15) is 11.1 Å². The molecular formula is C14H10CdN2O8. The first-order valence-corrected chi connectivity index (χ1v) is 6.19. The molecule has 0 saturated carbocycles. The van der Waals surface area contributed by atoms with Crippen molar-refractivity contribution in [2.75, 3.05) is 0 Å². The number of rotatable bonds is 4. The van der Waals surface area contributed by atoms with E-state index in [1.54, 1.807) is 0 Å². The van der Waals surface area contributed by atoms with Crippen molar-refractivity contribution in [2.45, 2.75) is 0 Å². The second-order valence-corrected chi connectivity index (χ2v) is 4.16. The van der Waals surface area contributed by atoms with E-state index < -0.39 is 21.8 Å². The second-order valence-electron chi connectivity index (χ2n) is 4.16. The van der Waals surface area contributed by atoms with Gasteiger partial charge >= 0.3 is 11.9 Å². The molecule has 126 valence electrons. The van der Waals surface area contributed by atoms with Crippen molar-refractivity contribution in [3.8, 4) is 0 Å². The van der Waals surface area contributed by atoms with Crippen molar-refractivity contribution in [1.82, 2.24) is 0 Å². The standard InChI is InChI=1S/2C7H5NO4.Cd/c2*9-7(10)5-3-1-2-4-6(5)8(11)12;/h2*1-4H,(H,9,10);. The summed E-state index contributed by atoms with van der Waals surface area (Å²) in [6.45, 7) is 0. The van der Waals surface area contributed by atoms with Gasteiger partial charge in [-0.1, -0.05) is 24.3 Å². The summed E-state index contributed by atoms with van der Waals surface area (Å²) in [5.41, 5.74) is -1.35. The number of nitrogens with zero attached hydrogens (tertiary/aromatic N) is 2. The van der Waals surface area contributed by atoms with Gasteiger partial charge in [-0.25, -0.2) is 9.59 Å². The zero-order chi connectivity index (χ0) is 18.3. The van der Waals surface area contributed by atoms with Crippen molar-refractivity contribution in [3.05, 3.63) is 79.9 Å². The third-order valence-electron chi connectivity index (χ3n) is 2.66. The van der Waals surface area contributed by atoms with Crippen molar-refractivity contribution in [2.24, 2.45) is 0 Å². The Morgan fingerprint density at radius 3 is 1.20 bits per heavy atom. The fourth-order valence-corrected chi connectivity index (χ4v) is 1.63. The van der Waals surface area contributed by atoms with Crippen LogP contribution in [0.15, 0.2) is 48.5 Å². The molecule has 0 heterocycles. The topological polar surface area (TPSA) is 161 Å². The van der Waals surface area contributed by atoms with E-state index in [0.29, 0.717) is 0 Å². The average Bonchev–Trinajstić information content (AvgIpc) is 2.55. The summed E-state index contributed by atoms with van der Waals surface area (Å²) >= 11 is 0. The fraction of sp³-hybridized carbons (Fsp3) is 0. The molecule has 0 spiro atoms. The van der Waals surface area contributed by atoms with Gasteiger partial charge in [-0.05, 0) is 12.1 Å². The van der Waals surface area contributed by atoms with Crippen LogP contribution in [0.4, 0.5) is 11.4 Å². The van der Waals surface area contributed by atoms with E-state index in [2.05, 4.69) is 0 Å². The van der Waals surface area contributed by atoms with Gasteiger partial charge in [0.05, 0.1) is 9.85 Å². The monoisotopic (exact) mass is 448 g/mol. The summed E-state index contributed by atoms with van der Waals surface area (Å²) < 4.78 is 0. The Bertz CT molecular complexity index is 675. The number of carboxylic acid groups (broad SMARTS) is 2. The molecular weight excluding hydrogens is 437 g/mol. The number of aromatic carboxylic acids is 2. The van der Waals surface area contributed by atoms with Gasteiger partial charge in [-0.2, -0.15) is 0 Å². The Morgan fingerprint density at radius 1 is 0.720 bits per heavy atom. The number of carbonyl (C=O) groups is 2. The van der Waals surface area contributed by atoms with Crippen molar-refractivity contribution >= 4 is 23.3 Å². The number of nitro groups is 2. The van der Waals surface area contributed by atoms with Crippen LogP contribution in [0.3, 0.4) is 0 Å². The molecule has 2 N–H and O–H groups in total.